The molecule has 4 heteroatoms. The summed E-state index contributed by atoms with van der Waals surface area (Å²) in [6.07, 6.45) is 14.6. The molecule has 0 fully saturated rings. The molecule has 0 N–H and O–H groups in total. The van der Waals surface area contributed by atoms with Gasteiger partial charge in [0.2, 0.25) is 5.43 Å². The molecule has 0 amide bonds. The maximum absolute atomic E-state index is 13.9. The van der Waals surface area contributed by atoms with Crippen LogP contribution in [0.4, 0.5) is 0 Å². The third-order valence-electron chi connectivity index (χ3n) is 8.73. The first kappa shape index (κ1) is 30.4. The van der Waals surface area contributed by atoms with E-state index in [1.165, 1.54) is 0 Å². The van der Waals surface area contributed by atoms with Crippen LogP contribution in [0.3, 0.4) is 0 Å². The van der Waals surface area contributed by atoms with Gasteiger partial charge in [0.25, 0.3) is 0 Å². The molecule has 0 saturated heterocycles. The predicted molar refractivity (Wildman–Crippen MR) is 200 cm³/mol. The Morgan fingerprint density at radius 1 is 0.646 bits per heavy atom. The van der Waals surface area contributed by atoms with Gasteiger partial charge in [0.1, 0.15) is 22.2 Å². The van der Waals surface area contributed by atoms with Crippen molar-refractivity contribution in [1.82, 2.24) is 0 Å². The highest BCUT2D eigenvalue weighted by atomic mass is 16.3. The zero-order valence-electron chi connectivity index (χ0n) is 26.4. The van der Waals surface area contributed by atoms with E-state index in [9.17, 15) is 9.59 Å². The third kappa shape index (κ3) is 5.54. The SMILES string of the molecule is C=C/C=C\C(=C)C(=C)/C=C(\C=C)c1ccc2oc3ccc(-c4cccc(-c5ccc6oc7c(c(=O)c6c5)=CCCC=7)c4)cc3c(=O)c2c1. The standard InChI is InChI=1S/C44H32O4/c1-5-7-11-27(3)28(4)22-29(6-2)32-16-19-41-37(24-32)44(46)38-26-34(18-21-42(38)48-41)31-13-10-12-30(23-31)33-17-20-40-36(25-33)43(45)35-14-8-9-15-39(35)47-40/h5-7,10-26H,1-4,8-9H2/b11-7-,29-22+. The van der Waals surface area contributed by atoms with Crippen molar-refractivity contribution in [3.05, 3.63) is 183 Å². The van der Waals surface area contributed by atoms with Crippen molar-refractivity contribution in [2.45, 2.75) is 12.8 Å². The van der Waals surface area contributed by atoms with Crippen molar-refractivity contribution in [1.29, 1.82) is 0 Å². The summed E-state index contributed by atoms with van der Waals surface area (Å²) < 4.78 is 12.2. The van der Waals surface area contributed by atoms with Gasteiger partial charge in [-0.15, -0.1) is 0 Å². The third-order valence-corrected chi connectivity index (χ3v) is 8.73. The predicted octanol–water partition coefficient (Wildman–Crippen LogP) is 9.17. The van der Waals surface area contributed by atoms with Crippen LogP contribution in [0.2, 0.25) is 0 Å². The van der Waals surface area contributed by atoms with E-state index in [0.29, 0.717) is 43.5 Å². The summed E-state index contributed by atoms with van der Waals surface area (Å²) in [5.74, 6) is 0. The highest BCUT2D eigenvalue weighted by Crippen LogP contribution is 2.31. The van der Waals surface area contributed by atoms with Crippen LogP contribution in [0, 0.1) is 0 Å². The second-order valence-corrected chi connectivity index (χ2v) is 11.8. The molecule has 0 radical (unpaired) electrons. The molecule has 0 saturated carbocycles. The monoisotopic (exact) mass is 624 g/mol. The van der Waals surface area contributed by atoms with E-state index in [1.807, 2.05) is 97.1 Å². The number of allylic oxidation sites excluding steroid dienone is 8. The van der Waals surface area contributed by atoms with E-state index in [1.54, 1.807) is 18.2 Å². The maximum atomic E-state index is 13.9. The summed E-state index contributed by atoms with van der Waals surface area (Å²) in [4.78, 5) is 27.2. The highest BCUT2D eigenvalue weighted by Gasteiger charge is 2.13. The molecular weight excluding hydrogens is 592 g/mol. The number of hydrogen-bond acceptors (Lipinski definition) is 4. The molecule has 4 aromatic carbocycles. The Hall–Kier alpha value is -6.26. The Kier molecular flexibility index (Phi) is 7.92. The molecule has 0 unspecified atom stereocenters. The van der Waals surface area contributed by atoms with Gasteiger partial charge in [-0.1, -0.05) is 93.1 Å². The zero-order chi connectivity index (χ0) is 33.4. The summed E-state index contributed by atoms with van der Waals surface area (Å²) in [6.45, 7) is 15.9. The smallest absolute Gasteiger partial charge is 0.200 e. The molecule has 1 aliphatic rings. The van der Waals surface area contributed by atoms with E-state index in [4.69, 9.17) is 8.83 Å². The van der Waals surface area contributed by atoms with Gasteiger partial charge in [-0.25, -0.2) is 0 Å². The lowest BCUT2D eigenvalue weighted by Gasteiger charge is -2.10. The number of rotatable bonds is 8. The highest BCUT2D eigenvalue weighted by molar-refractivity contribution is 5.94. The summed E-state index contributed by atoms with van der Waals surface area (Å²) in [5.41, 5.74) is 8.88. The van der Waals surface area contributed by atoms with Gasteiger partial charge in [0, 0.05) is 0 Å². The lowest BCUT2D eigenvalue weighted by atomic mass is 9.96. The fourth-order valence-electron chi connectivity index (χ4n) is 6.12. The first-order valence-electron chi connectivity index (χ1n) is 15.7. The Morgan fingerprint density at radius 3 is 1.94 bits per heavy atom. The van der Waals surface area contributed by atoms with Crippen LogP contribution in [0.15, 0.2) is 165 Å². The van der Waals surface area contributed by atoms with Crippen LogP contribution in [0.1, 0.15) is 18.4 Å². The van der Waals surface area contributed by atoms with Crippen molar-refractivity contribution in [2.75, 3.05) is 0 Å². The number of fused-ring (bicyclic) bond motifs is 4. The van der Waals surface area contributed by atoms with E-state index in [-0.39, 0.29) is 10.9 Å². The van der Waals surface area contributed by atoms with Gasteiger partial charge in [0.15, 0.2) is 5.43 Å². The molecular formula is C44H32O4. The second-order valence-electron chi connectivity index (χ2n) is 11.8. The van der Waals surface area contributed by atoms with Crippen molar-refractivity contribution in [3.63, 3.8) is 0 Å². The first-order chi connectivity index (χ1) is 23.3. The van der Waals surface area contributed by atoms with Gasteiger partial charge in [-0.3, -0.25) is 9.59 Å². The van der Waals surface area contributed by atoms with E-state index in [0.717, 1.165) is 57.4 Å². The molecule has 2 aromatic heterocycles. The van der Waals surface area contributed by atoms with Gasteiger partial charge in [-0.2, -0.15) is 0 Å². The molecule has 1 aliphatic carbocycles. The average molecular weight is 625 g/mol. The van der Waals surface area contributed by atoms with Gasteiger partial charge in [0.05, 0.1) is 21.4 Å². The number of hydrogen-bond donors (Lipinski definition) is 0. The summed E-state index contributed by atoms with van der Waals surface area (Å²) >= 11 is 0. The lowest BCUT2D eigenvalue weighted by Crippen LogP contribution is -2.39. The zero-order valence-corrected chi connectivity index (χ0v) is 26.4. The summed E-state index contributed by atoms with van der Waals surface area (Å²) in [7, 11) is 0. The van der Waals surface area contributed by atoms with Crippen molar-refractivity contribution < 1.29 is 8.83 Å². The normalized spacial score (nSPS) is 12.9. The molecule has 0 atom stereocenters. The maximum Gasteiger partial charge on any atom is 0.200 e. The Morgan fingerprint density at radius 2 is 1.25 bits per heavy atom. The fraction of sp³-hybridized carbons (Fsp3) is 0.0455. The molecule has 48 heavy (non-hydrogen) atoms. The Labute approximate surface area is 277 Å². The van der Waals surface area contributed by atoms with Gasteiger partial charge in [-0.05, 0) is 112 Å². The Balaban J connectivity index is 1.27. The van der Waals surface area contributed by atoms with Crippen LogP contribution < -0.4 is 21.5 Å². The second kappa shape index (κ2) is 12.5. The van der Waals surface area contributed by atoms with E-state index < -0.39 is 0 Å². The minimum atomic E-state index is -0.120. The molecule has 4 nitrogen and oxygen atoms in total. The molecule has 232 valence electrons. The minimum absolute atomic E-state index is 0.0106. The molecule has 7 rings (SSSR count). The molecule has 0 aliphatic heterocycles. The van der Waals surface area contributed by atoms with Crippen LogP contribution in [-0.4, -0.2) is 0 Å². The van der Waals surface area contributed by atoms with Crippen LogP contribution in [0.25, 0.3) is 72.9 Å². The minimum Gasteiger partial charge on any atom is -0.456 e. The van der Waals surface area contributed by atoms with Crippen LogP contribution in [0.5, 0.6) is 0 Å². The lowest BCUT2D eigenvalue weighted by molar-refractivity contribution is 0.554. The fourth-order valence-corrected chi connectivity index (χ4v) is 6.12. The molecule has 0 bridgehead atoms. The largest absolute Gasteiger partial charge is 0.456 e. The van der Waals surface area contributed by atoms with Gasteiger partial charge < -0.3 is 8.83 Å². The molecule has 0 spiro atoms. The molecule has 6 aromatic rings. The van der Waals surface area contributed by atoms with Crippen molar-refractivity contribution in [2.24, 2.45) is 0 Å². The number of benzene rings is 4. The topological polar surface area (TPSA) is 60.4 Å². The van der Waals surface area contributed by atoms with Crippen molar-refractivity contribution >= 4 is 50.6 Å². The summed E-state index contributed by atoms with van der Waals surface area (Å²) in [6, 6.07) is 25.0. The Bertz CT molecular complexity index is 2670. The first-order valence-corrected chi connectivity index (χ1v) is 15.7. The van der Waals surface area contributed by atoms with E-state index in [2.05, 4.69) is 32.4 Å². The van der Waals surface area contributed by atoms with E-state index >= 15 is 0 Å². The quantitative estimate of drug-likeness (QED) is 0.125. The van der Waals surface area contributed by atoms with Gasteiger partial charge >= 0.3 is 0 Å². The average Bonchev–Trinajstić information content (AvgIpc) is 3.12. The van der Waals surface area contributed by atoms with Crippen molar-refractivity contribution in [3.8, 4) is 22.3 Å². The molecule has 2 heterocycles. The van der Waals surface area contributed by atoms with Crippen LogP contribution in [-0.2, 0) is 0 Å². The summed E-state index contributed by atoms with van der Waals surface area (Å²) in [5, 5.41) is 2.16. The van der Waals surface area contributed by atoms with Crippen LogP contribution >= 0.6 is 0 Å².